The maximum atomic E-state index is 11.1. The van der Waals surface area contributed by atoms with Crippen molar-refractivity contribution in [1.82, 2.24) is 14.7 Å². The molecule has 5 nitrogen and oxygen atoms in total. The van der Waals surface area contributed by atoms with E-state index in [0.717, 1.165) is 5.69 Å². The van der Waals surface area contributed by atoms with Gasteiger partial charge in [0.2, 0.25) is 0 Å². The van der Waals surface area contributed by atoms with Crippen molar-refractivity contribution in [1.29, 1.82) is 0 Å². The molecule has 1 aromatic heterocycles. The molecule has 1 heterocycles. The lowest BCUT2D eigenvalue weighted by atomic mass is 10.2. The highest BCUT2D eigenvalue weighted by molar-refractivity contribution is 5.88. The van der Waals surface area contributed by atoms with Crippen molar-refractivity contribution in [3.63, 3.8) is 0 Å². The monoisotopic (exact) mass is 237 g/mol. The van der Waals surface area contributed by atoms with Crippen molar-refractivity contribution in [2.24, 2.45) is 7.05 Å². The molecule has 0 radical (unpaired) electrons. The summed E-state index contributed by atoms with van der Waals surface area (Å²) in [5.74, 6) is -0.895. The summed E-state index contributed by atoms with van der Waals surface area (Å²) < 4.78 is 1.66. The van der Waals surface area contributed by atoms with E-state index >= 15 is 0 Å². The van der Waals surface area contributed by atoms with Crippen LogP contribution in [0.25, 0.3) is 0 Å². The SMILES string of the molecule is CN(Cc1c(C(=O)O)cnn1C)C1CCCC1. The van der Waals surface area contributed by atoms with Crippen LogP contribution in [-0.2, 0) is 13.6 Å². The fraction of sp³-hybridized carbons (Fsp3) is 0.667. The summed E-state index contributed by atoms with van der Waals surface area (Å²) in [6, 6.07) is 0.589. The number of carboxylic acids is 1. The average Bonchev–Trinajstić information content (AvgIpc) is 2.89. The predicted molar refractivity (Wildman–Crippen MR) is 63.9 cm³/mol. The number of aromatic nitrogens is 2. The van der Waals surface area contributed by atoms with Crippen LogP contribution in [0, 0.1) is 0 Å². The Kier molecular flexibility index (Phi) is 3.47. The summed E-state index contributed by atoms with van der Waals surface area (Å²) in [5, 5.41) is 13.1. The largest absolute Gasteiger partial charge is 0.478 e. The minimum atomic E-state index is -0.895. The quantitative estimate of drug-likeness (QED) is 0.862. The van der Waals surface area contributed by atoms with Crippen LogP contribution < -0.4 is 0 Å². The first kappa shape index (κ1) is 12.1. The van der Waals surface area contributed by atoms with Crippen LogP contribution in [0.1, 0.15) is 41.7 Å². The lowest BCUT2D eigenvalue weighted by molar-refractivity contribution is 0.0694. The standard InChI is InChI=1S/C12H19N3O2/c1-14(9-5-3-4-6-9)8-11-10(12(16)17)7-13-15(11)2/h7,9H,3-6,8H2,1-2H3,(H,16,17). The Hall–Kier alpha value is -1.36. The highest BCUT2D eigenvalue weighted by Crippen LogP contribution is 2.24. The molecule has 0 saturated heterocycles. The number of carboxylic acid groups (broad SMARTS) is 1. The second-order valence-electron chi connectivity index (χ2n) is 4.79. The Morgan fingerprint density at radius 3 is 2.82 bits per heavy atom. The number of aromatic carboxylic acids is 1. The highest BCUT2D eigenvalue weighted by Gasteiger charge is 2.23. The van der Waals surface area contributed by atoms with Gasteiger partial charge in [-0.3, -0.25) is 9.58 Å². The maximum absolute atomic E-state index is 11.1. The fourth-order valence-electron chi connectivity index (χ4n) is 2.54. The van der Waals surface area contributed by atoms with E-state index in [1.807, 2.05) is 0 Å². The van der Waals surface area contributed by atoms with Gasteiger partial charge in [0, 0.05) is 19.6 Å². The summed E-state index contributed by atoms with van der Waals surface area (Å²) in [6.45, 7) is 0.656. The summed E-state index contributed by atoms with van der Waals surface area (Å²) in [7, 11) is 3.86. The number of nitrogens with zero attached hydrogens (tertiary/aromatic N) is 3. The Balaban J connectivity index is 2.11. The van der Waals surface area contributed by atoms with Gasteiger partial charge in [0.05, 0.1) is 11.9 Å². The molecule has 17 heavy (non-hydrogen) atoms. The molecule has 0 amide bonds. The zero-order valence-electron chi connectivity index (χ0n) is 10.4. The van der Waals surface area contributed by atoms with Gasteiger partial charge in [-0.05, 0) is 19.9 Å². The average molecular weight is 237 g/mol. The summed E-state index contributed by atoms with van der Waals surface area (Å²) >= 11 is 0. The van der Waals surface area contributed by atoms with E-state index in [1.54, 1.807) is 11.7 Å². The molecule has 1 fully saturated rings. The molecule has 1 N–H and O–H groups in total. The Bertz CT molecular complexity index is 408. The van der Waals surface area contributed by atoms with Crippen LogP contribution in [-0.4, -0.2) is 38.8 Å². The maximum Gasteiger partial charge on any atom is 0.339 e. The fourth-order valence-corrected chi connectivity index (χ4v) is 2.54. The molecule has 1 aliphatic rings. The van der Waals surface area contributed by atoms with E-state index in [0.29, 0.717) is 18.2 Å². The van der Waals surface area contributed by atoms with E-state index in [2.05, 4.69) is 17.0 Å². The van der Waals surface area contributed by atoms with Gasteiger partial charge >= 0.3 is 5.97 Å². The smallest absolute Gasteiger partial charge is 0.339 e. The predicted octanol–water partition coefficient (Wildman–Crippen LogP) is 1.49. The number of aryl methyl sites for hydroxylation is 1. The molecular weight excluding hydrogens is 218 g/mol. The van der Waals surface area contributed by atoms with Crippen LogP contribution in [0.15, 0.2) is 6.20 Å². The minimum absolute atomic E-state index is 0.317. The van der Waals surface area contributed by atoms with E-state index in [-0.39, 0.29) is 0 Å². The number of carbonyl (C=O) groups is 1. The second-order valence-corrected chi connectivity index (χ2v) is 4.79. The van der Waals surface area contributed by atoms with Gasteiger partial charge in [0.1, 0.15) is 5.56 Å². The highest BCUT2D eigenvalue weighted by atomic mass is 16.4. The van der Waals surface area contributed by atoms with Gasteiger partial charge in [0.15, 0.2) is 0 Å². The Labute approximate surface area is 101 Å². The van der Waals surface area contributed by atoms with Crippen molar-refractivity contribution in [3.8, 4) is 0 Å². The topological polar surface area (TPSA) is 58.4 Å². The van der Waals surface area contributed by atoms with E-state index < -0.39 is 5.97 Å². The van der Waals surface area contributed by atoms with Crippen LogP contribution in [0.3, 0.4) is 0 Å². The third kappa shape index (κ3) is 2.49. The molecular formula is C12H19N3O2. The summed E-state index contributed by atoms with van der Waals surface area (Å²) in [5.41, 5.74) is 1.10. The normalized spacial score (nSPS) is 16.9. The summed E-state index contributed by atoms with van der Waals surface area (Å²) in [6.07, 6.45) is 6.44. The van der Waals surface area contributed by atoms with Gasteiger partial charge in [-0.15, -0.1) is 0 Å². The zero-order chi connectivity index (χ0) is 12.4. The van der Waals surface area contributed by atoms with Crippen LogP contribution in [0.5, 0.6) is 0 Å². The molecule has 2 rings (SSSR count). The lowest BCUT2D eigenvalue weighted by Gasteiger charge is -2.24. The third-order valence-electron chi connectivity index (χ3n) is 3.64. The van der Waals surface area contributed by atoms with Crippen molar-refractivity contribution in [3.05, 3.63) is 17.5 Å². The van der Waals surface area contributed by atoms with Crippen molar-refractivity contribution >= 4 is 5.97 Å². The van der Waals surface area contributed by atoms with Crippen LogP contribution >= 0.6 is 0 Å². The molecule has 0 unspecified atom stereocenters. The first-order valence-corrected chi connectivity index (χ1v) is 6.04. The minimum Gasteiger partial charge on any atom is -0.478 e. The lowest BCUT2D eigenvalue weighted by Crippen LogP contribution is -2.30. The molecule has 1 aliphatic carbocycles. The molecule has 1 saturated carbocycles. The molecule has 5 heteroatoms. The van der Waals surface area contributed by atoms with Crippen LogP contribution in [0.2, 0.25) is 0 Å². The van der Waals surface area contributed by atoms with Crippen molar-refractivity contribution in [2.45, 2.75) is 38.3 Å². The van der Waals surface area contributed by atoms with E-state index in [9.17, 15) is 4.79 Å². The molecule has 0 spiro atoms. The van der Waals surface area contributed by atoms with Gasteiger partial charge < -0.3 is 5.11 Å². The first-order valence-electron chi connectivity index (χ1n) is 6.04. The molecule has 1 aromatic rings. The van der Waals surface area contributed by atoms with E-state index in [4.69, 9.17) is 5.11 Å². The van der Waals surface area contributed by atoms with Gasteiger partial charge in [-0.25, -0.2) is 4.79 Å². The molecule has 0 bridgehead atoms. The summed E-state index contributed by atoms with van der Waals surface area (Å²) in [4.78, 5) is 13.3. The second kappa shape index (κ2) is 4.87. The Morgan fingerprint density at radius 2 is 2.24 bits per heavy atom. The first-order chi connectivity index (χ1) is 8.09. The molecule has 0 atom stereocenters. The van der Waals surface area contributed by atoms with Gasteiger partial charge in [0.25, 0.3) is 0 Å². The van der Waals surface area contributed by atoms with E-state index in [1.165, 1.54) is 31.9 Å². The molecule has 94 valence electrons. The Morgan fingerprint density at radius 1 is 1.59 bits per heavy atom. The zero-order valence-corrected chi connectivity index (χ0v) is 10.4. The molecule has 0 aliphatic heterocycles. The number of hydrogen-bond acceptors (Lipinski definition) is 3. The van der Waals surface area contributed by atoms with Gasteiger partial charge in [-0.2, -0.15) is 5.10 Å². The van der Waals surface area contributed by atoms with Crippen LogP contribution in [0.4, 0.5) is 0 Å². The molecule has 0 aromatic carbocycles. The third-order valence-corrected chi connectivity index (χ3v) is 3.64. The van der Waals surface area contributed by atoms with Crippen molar-refractivity contribution < 1.29 is 9.90 Å². The van der Waals surface area contributed by atoms with Gasteiger partial charge in [-0.1, -0.05) is 12.8 Å². The number of hydrogen-bond donors (Lipinski definition) is 1. The number of rotatable bonds is 4. The van der Waals surface area contributed by atoms with Crippen molar-refractivity contribution in [2.75, 3.05) is 7.05 Å².